The van der Waals surface area contributed by atoms with Crippen LogP contribution in [0.15, 0.2) is 0 Å². The molecule has 3 nitrogen and oxygen atoms in total. The zero-order valence-electron chi connectivity index (χ0n) is 5.77. The third-order valence-electron chi connectivity index (χ3n) is 2.32. The second-order valence-corrected chi connectivity index (χ2v) is 3.45. The molecule has 0 amide bonds. The number of rotatable bonds is 1. The van der Waals surface area contributed by atoms with Crippen molar-refractivity contribution in [2.75, 3.05) is 0 Å². The van der Waals surface area contributed by atoms with E-state index in [4.69, 9.17) is 5.11 Å². The first kappa shape index (κ1) is 6.55. The molecule has 3 heteroatoms. The van der Waals surface area contributed by atoms with Gasteiger partial charge in [-0.1, -0.05) is 13.8 Å². The molecule has 1 aliphatic carbocycles. The highest BCUT2D eigenvalue weighted by Crippen LogP contribution is 2.51. The van der Waals surface area contributed by atoms with Gasteiger partial charge in [0.15, 0.2) is 5.54 Å². The van der Waals surface area contributed by atoms with E-state index < -0.39 is 11.5 Å². The van der Waals surface area contributed by atoms with Crippen molar-refractivity contribution in [2.45, 2.75) is 25.8 Å². The van der Waals surface area contributed by atoms with Crippen molar-refractivity contribution >= 4 is 5.97 Å². The largest absolute Gasteiger partial charge is 0.477 e. The van der Waals surface area contributed by atoms with Crippen LogP contribution in [0.3, 0.4) is 0 Å². The normalized spacial score (nSPS) is 38.1. The molecular weight excluding hydrogens is 118 g/mol. The van der Waals surface area contributed by atoms with Crippen molar-refractivity contribution in [1.82, 2.24) is 0 Å². The van der Waals surface area contributed by atoms with E-state index in [0.29, 0.717) is 6.42 Å². The van der Waals surface area contributed by atoms with Crippen LogP contribution in [0.2, 0.25) is 0 Å². The van der Waals surface area contributed by atoms with E-state index in [1.54, 1.807) is 0 Å². The molecule has 0 saturated heterocycles. The Morgan fingerprint density at radius 3 is 2.00 bits per heavy atom. The summed E-state index contributed by atoms with van der Waals surface area (Å²) >= 11 is 0. The van der Waals surface area contributed by atoms with Crippen LogP contribution >= 0.6 is 0 Å². The Bertz CT molecular complexity index is 164. The standard InChI is InChI=1S/C6H11NO2/c1-5(2)3-6(5,7)4(8)9/h3,7H2,1-2H3,(H,8,9)/p+1/t6-/m1/s1. The van der Waals surface area contributed by atoms with Crippen LogP contribution < -0.4 is 5.73 Å². The second-order valence-electron chi connectivity index (χ2n) is 3.45. The van der Waals surface area contributed by atoms with Crippen molar-refractivity contribution in [3.63, 3.8) is 0 Å². The van der Waals surface area contributed by atoms with Gasteiger partial charge in [0, 0.05) is 11.8 Å². The molecule has 0 spiro atoms. The zero-order chi connectivity index (χ0) is 7.28. The number of carboxylic acid groups (broad SMARTS) is 1. The van der Waals surface area contributed by atoms with Crippen LogP contribution in [0.1, 0.15) is 20.3 Å². The Morgan fingerprint density at radius 2 is 2.00 bits per heavy atom. The highest BCUT2D eigenvalue weighted by molar-refractivity contribution is 5.82. The molecule has 0 aromatic carbocycles. The number of aliphatic carboxylic acids is 1. The van der Waals surface area contributed by atoms with Crippen molar-refractivity contribution in [1.29, 1.82) is 0 Å². The van der Waals surface area contributed by atoms with Gasteiger partial charge in [0.25, 0.3) is 0 Å². The summed E-state index contributed by atoms with van der Waals surface area (Å²) in [6.45, 7) is 3.85. The van der Waals surface area contributed by atoms with Gasteiger partial charge in [-0.3, -0.25) is 0 Å². The fourth-order valence-electron chi connectivity index (χ4n) is 1.08. The molecule has 9 heavy (non-hydrogen) atoms. The van der Waals surface area contributed by atoms with Crippen LogP contribution in [0, 0.1) is 5.41 Å². The first-order valence-electron chi connectivity index (χ1n) is 2.99. The van der Waals surface area contributed by atoms with Crippen molar-refractivity contribution in [2.24, 2.45) is 5.41 Å². The Labute approximate surface area is 53.9 Å². The van der Waals surface area contributed by atoms with E-state index in [0.717, 1.165) is 0 Å². The van der Waals surface area contributed by atoms with Crippen LogP contribution in [-0.4, -0.2) is 16.6 Å². The van der Waals surface area contributed by atoms with Crippen molar-refractivity contribution in [3.05, 3.63) is 0 Å². The number of hydrogen-bond acceptors (Lipinski definition) is 1. The topological polar surface area (TPSA) is 64.9 Å². The van der Waals surface area contributed by atoms with E-state index in [9.17, 15) is 4.79 Å². The molecule has 52 valence electrons. The summed E-state index contributed by atoms with van der Waals surface area (Å²) in [7, 11) is 0. The summed E-state index contributed by atoms with van der Waals surface area (Å²) in [5.74, 6) is -0.771. The molecule has 1 saturated carbocycles. The Hall–Kier alpha value is -0.570. The number of hydrogen-bond donors (Lipinski definition) is 2. The van der Waals surface area contributed by atoms with Crippen LogP contribution in [0.4, 0.5) is 0 Å². The summed E-state index contributed by atoms with van der Waals surface area (Å²) in [5, 5.41) is 8.59. The van der Waals surface area contributed by atoms with E-state index in [-0.39, 0.29) is 5.41 Å². The number of carboxylic acids is 1. The van der Waals surface area contributed by atoms with Gasteiger partial charge in [-0.15, -0.1) is 0 Å². The van der Waals surface area contributed by atoms with E-state index in [1.165, 1.54) is 0 Å². The van der Waals surface area contributed by atoms with Gasteiger partial charge in [-0.05, 0) is 0 Å². The Morgan fingerprint density at radius 1 is 1.67 bits per heavy atom. The number of carbonyl (C=O) groups is 1. The van der Waals surface area contributed by atoms with Gasteiger partial charge in [0.1, 0.15) is 0 Å². The third-order valence-corrected chi connectivity index (χ3v) is 2.32. The van der Waals surface area contributed by atoms with Crippen LogP contribution in [0.25, 0.3) is 0 Å². The SMILES string of the molecule is CC1(C)C[C@@]1([NH3+])C(=O)O. The molecule has 4 N–H and O–H groups in total. The van der Waals surface area contributed by atoms with Gasteiger partial charge >= 0.3 is 5.97 Å². The number of quaternary nitrogens is 1. The zero-order valence-corrected chi connectivity index (χ0v) is 5.77. The minimum Gasteiger partial charge on any atom is -0.477 e. The molecule has 1 rings (SSSR count). The first-order valence-corrected chi connectivity index (χ1v) is 2.99. The predicted octanol–water partition coefficient (Wildman–Crippen LogP) is -0.518. The molecule has 0 radical (unpaired) electrons. The fourth-order valence-corrected chi connectivity index (χ4v) is 1.08. The van der Waals surface area contributed by atoms with Gasteiger partial charge in [0.05, 0.1) is 0 Å². The van der Waals surface area contributed by atoms with Crippen molar-refractivity contribution < 1.29 is 15.6 Å². The molecule has 0 bridgehead atoms. The Kier molecular flexibility index (Phi) is 0.939. The molecule has 1 atom stereocenters. The maximum Gasteiger partial charge on any atom is 0.366 e. The summed E-state index contributed by atoms with van der Waals surface area (Å²) in [6, 6.07) is 0. The summed E-state index contributed by atoms with van der Waals surface area (Å²) < 4.78 is 0. The molecule has 1 fully saturated rings. The predicted molar refractivity (Wildman–Crippen MR) is 31.7 cm³/mol. The fraction of sp³-hybridized carbons (Fsp3) is 0.833. The molecular formula is C6H12NO2+. The maximum absolute atomic E-state index is 10.4. The minimum absolute atomic E-state index is 0.0845. The monoisotopic (exact) mass is 130 g/mol. The lowest BCUT2D eigenvalue weighted by molar-refractivity contribution is -0.434. The average Bonchev–Trinajstić information content (AvgIpc) is 2.08. The van der Waals surface area contributed by atoms with Crippen molar-refractivity contribution in [3.8, 4) is 0 Å². The molecule has 0 aromatic heterocycles. The van der Waals surface area contributed by atoms with Gasteiger partial charge in [0.2, 0.25) is 0 Å². The van der Waals surface area contributed by atoms with E-state index in [1.807, 2.05) is 13.8 Å². The van der Waals surface area contributed by atoms with Gasteiger partial charge in [-0.25, -0.2) is 4.79 Å². The maximum atomic E-state index is 10.4. The lowest BCUT2D eigenvalue weighted by atomic mass is 10.1. The molecule has 0 unspecified atom stereocenters. The van der Waals surface area contributed by atoms with E-state index >= 15 is 0 Å². The second kappa shape index (κ2) is 1.29. The smallest absolute Gasteiger partial charge is 0.366 e. The Balaban J connectivity index is 2.74. The van der Waals surface area contributed by atoms with Gasteiger partial charge < -0.3 is 10.8 Å². The first-order chi connectivity index (χ1) is 3.90. The molecule has 1 aliphatic rings. The van der Waals surface area contributed by atoms with Crippen LogP contribution in [-0.2, 0) is 4.79 Å². The summed E-state index contributed by atoms with van der Waals surface area (Å²) in [5.41, 5.74) is 2.86. The highest BCUT2D eigenvalue weighted by atomic mass is 16.4. The van der Waals surface area contributed by atoms with Gasteiger partial charge in [-0.2, -0.15) is 0 Å². The summed E-state index contributed by atoms with van der Waals surface area (Å²) in [6.07, 6.45) is 0.704. The summed E-state index contributed by atoms with van der Waals surface area (Å²) in [4.78, 5) is 10.4. The third kappa shape index (κ3) is 0.645. The van der Waals surface area contributed by atoms with E-state index in [2.05, 4.69) is 5.73 Å². The molecule has 0 aliphatic heterocycles. The minimum atomic E-state index is -0.771. The lowest BCUT2D eigenvalue weighted by Crippen LogP contribution is -2.70. The highest BCUT2D eigenvalue weighted by Gasteiger charge is 2.69. The lowest BCUT2D eigenvalue weighted by Gasteiger charge is -2.03. The van der Waals surface area contributed by atoms with Crippen LogP contribution in [0.5, 0.6) is 0 Å². The average molecular weight is 130 g/mol. The molecule has 0 aromatic rings. The quantitative estimate of drug-likeness (QED) is 0.501. The molecule has 0 heterocycles.